The van der Waals surface area contributed by atoms with Crippen LogP contribution in [0, 0.1) is 0 Å². The number of carbonyl (C=O) groups excluding carboxylic acids is 1. The van der Waals surface area contributed by atoms with E-state index in [-0.39, 0.29) is 18.8 Å². The quantitative estimate of drug-likeness (QED) is 0.736. The van der Waals surface area contributed by atoms with E-state index in [2.05, 4.69) is 15.9 Å². The lowest BCUT2D eigenvalue weighted by Crippen LogP contribution is -2.01. The Kier molecular flexibility index (Phi) is 5.95. The van der Waals surface area contributed by atoms with E-state index in [1.54, 1.807) is 6.08 Å². The first-order chi connectivity index (χ1) is 7.63. The molecule has 0 saturated carbocycles. The summed E-state index contributed by atoms with van der Waals surface area (Å²) in [5, 5.41) is 17.9. The van der Waals surface area contributed by atoms with Gasteiger partial charge in [0.2, 0.25) is 0 Å². The Labute approximate surface area is 104 Å². The number of allylic oxidation sites excluding steroid dienone is 3. The maximum atomic E-state index is 11.4. The SMILES string of the molecule is O=C1C[C@@H](O)C=C1C/C(Br)=C/CCCCO. The Bertz CT molecular complexity index is 307. The van der Waals surface area contributed by atoms with Gasteiger partial charge in [0, 0.05) is 19.4 Å². The van der Waals surface area contributed by atoms with Gasteiger partial charge in [-0.15, -0.1) is 0 Å². The zero-order valence-corrected chi connectivity index (χ0v) is 10.7. The second-order valence-electron chi connectivity index (χ2n) is 3.93. The molecule has 0 radical (unpaired) electrons. The van der Waals surface area contributed by atoms with E-state index in [9.17, 15) is 9.90 Å². The average molecular weight is 289 g/mol. The lowest BCUT2D eigenvalue weighted by atomic mass is 10.1. The minimum atomic E-state index is -0.600. The third kappa shape index (κ3) is 4.60. The van der Waals surface area contributed by atoms with Crippen LogP contribution in [0.2, 0.25) is 0 Å². The van der Waals surface area contributed by atoms with Gasteiger partial charge in [-0.1, -0.05) is 22.0 Å². The Balaban J connectivity index is 2.36. The summed E-state index contributed by atoms with van der Waals surface area (Å²) in [6.07, 6.45) is 6.48. The van der Waals surface area contributed by atoms with E-state index in [0.717, 1.165) is 23.7 Å². The van der Waals surface area contributed by atoms with Crippen molar-refractivity contribution in [3.63, 3.8) is 0 Å². The van der Waals surface area contributed by atoms with E-state index in [0.29, 0.717) is 12.0 Å². The fraction of sp³-hybridized carbons (Fsp3) is 0.583. The van der Waals surface area contributed by atoms with E-state index < -0.39 is 6.10 Å². The van der Waals surface area contributed by atoms with Crippen LogP contribution in [0.25, 0.3) is 0 Å². The Hall–Kier alpha value is -0.450. The molecule has 1 atom stereocenters. The lowest BCUT2D eigenvalue weighted by molar-refractivity contribution is -0.115. The number of Topliss-reactive ketones (excluding diaryl/α,β-unsaturated/α-hetero) is 1. The molecule has 16 heavy (non-hydrogen) atoms. The minimum Gasteiger partial charge on any atom is -0.396 e. The molecule has 0 amide bonds. The van der Waals surface area contributed by atoms with Crippen molar-refractivity contribution in [2.75, 3.05) is 6.61 Å². The first kappa shape index (κ1) is 13.6. The molecule has 0 aromatic heterocycles. The number of rotatable bonds is 6. The van der Waals surface area contributed by atoms with Gasteiger partial charge in [-0.3, -0.25) is 4.79 Å². The summed E-state index contributed by atoms with van der Waals surface area (Å²) in [6.45, 7) is 0.224. The zero-order valence-electron chi connectivity index (χ0n) is 9.16. The summed E-state index contributed by atoms with van der Waals surface area (Å²) in [7, 11) is 0. The number of aliphatic hydroxyl groups is 2. The molecule has 0 unspecified atom stereocenters. The molecule has 1 rings (SSSR count). The van der Waals surface area contributed by atoms with Gasteiger partial charge in [-0.25, -0.2) is 0 Å². The van der Waals surface area contributed by atoms with Crippen LogP contribution in [0.5, 0.6) is 0 Å². The Morgan fingerprint density at radius 2 is 2.31 bits per heavy atom. The highest BCUT2D eigenvalue weighted by Crippen LogP contribution is 2.24. The molecule has 4 heteroatoms. The number of hydrogen-bond acceptors (Lipinski definition) is 3. The molecular weight excluding hydrogens is 272 g/mol. The first-order valence-electron chi connectivity index (χ1n) is 5.51. The van der Waals surface area contributed by atoms with Gasteiger partial charge in [-0.2, -0.15) is 0 Å². The summed E-state index contributed by atoms with van der Waals surface area (Å²) < 4.78 is 0.971. The van der Waals surface area contributed by atoms with Gasteiger partial charge < -0.3 is 10.2 Å². The van der Waals surface area contributed by atoms with E-state index >= 15 is 0 Å². The Morgan fingerprint density at radius 3 is 2.88 bits per heavy atom. The lowest BCUT2D eigenvalue weighted by Gasteiger charge is -2.00. The predicted molar refractivity (Wildman–Crippen MR) is 66.3 cm³/mol. The Morgan fingerprint density at radius 1 is 1.56 bits per heavy atom. The summed E-state index contributed by atoms with van der Waals surface area (Å²) in [4.78, 5) is 11.4. The smallest absolute Gasteiger partial charge is 0.161 e. The molecule has 0 fully saturated rings. The van der Waals surface area contributed by atoms with E-state index in [4.69, 9.17) is 5.11 Å². The van der Waals surface area contributed by atoms with Crippen LogP contribution in [-0.2, 0) is 4.79 Å². The van der Waals surface area contributed by atoms with Crippen molar-refractivity contribution in [3.8, 4) is 0 Å². The van der Waals surface area contributed by atoms with Crippen LogP contribution in [0.15, 0.2) is 22.2 Å². The molecule has 1 aliphatic rings. The second kappa shape index (κ2) is 6.99. The largest absolute Gasteiger partial charge is 0.396 e. The first-order valence-corrected chi connectivity index (χ1v) is 6.30. The fourth-order valence-corrected chi connectivity index (χ4v) is 2.16. The van der Waals surface area contributed by atoms with Gasteiger partial charge in [0.1, 0.15) is 0 Å². The molecule has 1 aliphatic carbocycles. The second-order valence-corrected chi connectivity index (χ2v) is 4.95. The van der Waals surface area contributed by atoms with Crippen molar-refractivity contribution in [3.05, 3.63) is 22.2 Å². The van der Waals surface area contributed by atoms with Crippen molar-refractivity contribution in [2.24, 2.45) is 0 Å². The van der Waals surface area contributed by atoms with Crippen LogP contribution in [-0.4, -0.2) is 28.7 Å². The molecule has 3 nitrogen and oxygen atoms in total. The molecule has 0 saturated heterocycles. The molecule has 2 N–H and O–H groups in total. The summed E-state index contributed by atoms with van der Waals surface area (Å²) in [5.74, 6) is 0.0354. The van der Waals surface area contributed by atoms with Gasteiger partial charge in [0.05, 0.1) is 6.10 Å². The van der Waals surface area contributed by atoms with Crippen molar-refractivity contribution >= 4 is 21.7 Å². The van der Waals surface area contributed by atoms with Crippen LogP contribution in [0.3, 0.4) is 0 Å². The van der Waals surface area contributed by atoms with Gasteiger partial charge in [0.25, 0.3) is 0 Å². The van der Waals surface area contributed by atoms with Crippen LogP contribution < -0.4 is 0 Å². The molecule has 0 aliphatic heterocycles. The van der Waals surface area contributed by atoms with E-state index in [1.807, 2.05) is 6.08 Å². The minimum absolute atomic E-state index is 0.0354. The molecule has 90 valence electrons. The summed E-state index contributed by atoms with van der Waals surface area (Å²) in [5.41, 5.74) is 0.692. The summed E-state index contributed by atoms with van der Waals surface area (Å²) >= 11 is 3.41. The van der Waals surface area contributed by atoms with Gasteiger partial charge in [-0.05, 0) is 35.4 Å². The number of aliphatic hydroxyl groups excluding tert-OH is 2. The van der Waals surface area contributed by atoms with Crippen LogP contribution in [0.4, 0.5) is 0 Å². The maximum Gasteiger partial charge on any atom is 0.161 e. The fourth-order valence-electron chi connectivity index (χ4n) is 1.63. The van der Waals surface area contributed by atoms with Gasteiger partial charge in [0.15, 0.2) is 5.78 Å². The highest BCUT2D eigenvalue weighted by molar-refractivity contribution is 9.11. The summed E-state index contributed by atoms with van der Waals surface area (Å²) in [6, 6.07) is 0. The molecule has 0 spiro atoms. The number of hydrogen-bond donors (Lipinski definition) is 2. The average Bonchev–Trinajstić information content (AvgIpc) is 2.52. The topological polar surface area (TPSA) is 57.5 Å². The predicted octanol–water partition coefficient (Wildman–Crippen LogP) is 2.08. The monoisotopic (exact) mass is 288 g/mol. The molecule has 0 aromatic carbocycles. The number of halogens is 1. The van der Waals surface area contributed by atoms with Crippen molar-refractivity contribution in [1.29, 1.82) is 0 Å². The van der Waals surface area contributed by atoms with Crippen LogP contribution in [0.1, 0.15) is 32.1 Å². The van der Waals surface area contributed by atoms with Crippen molar-refractivity contribution in [1.82, 2.24) is 0 Å². The third-order valence-corrected chi connectivity index (χ3v) is 3.09. The normalized spacial score (nSPS) is 21.4. The molecule has 0 aromatic rings. The zero-order chi connectivity index (χ0) is 12.0. The van der Waals surface area contributed by atoms with Crippen molar-refractivity contribution < 1.29 is 15.0 Å². The number of carbonyl (C=O) groups is 1. The third-order valence-electron chi connectivity index (χ3n) is 2.48. The molecule has 0 heterocycles. The highest BCUT2D eigenvalue weighted by atomic mass is 79.9. The van der Waals surface area contributed by atoms with Crippen LogP contribution >= 0.6 is 15.9 Å². The maximum absolute atomic E-state index is 11.4. The number of ketones is 1. The molecular formula is C12H17BrO3. The van der Waals surface area contributed by atoms with E-state index in [1.165, 1.54) is 0 Å². The molecule has 0 bridgehead atoms. The van der Waals surface area contributed by atoms with Gasteiger partial charge >= 0.3 is 0 Å². The number of unbranched alkanes of at least 4 members (excludes halogenated alkanes) is 2. The van der Waals surface area contributed by atoms with Crippen molar-refractivity contribution in [2.45, 2.75) is 38.2 Å². The standard InChI is InChI=1S/C12H17BrO3/c13-10(4-2-1-3-5-14)6-9-7-11(15)8-12(9)16/h4,7,11,14-15H,1-3,5-6,8H2/b10-4-/t11-/m0/s1. The highest BCUT2D eigenvalue weighted by Gasteiger charge is 2.21.